The highest BCUT2D eigenvalue weighted by molar-refractivity contribution is 6.16. The van der Waals surface area contributed by atoms with Crippen molar-refractivity contribution >= 4 is 17.5 Å². The average Bonchev–Trinajstić information content (AvgIpc) is 2.36. The Morgan fingerprint density at radius 3 is 2.47 bits per heavy atom. The quantitative estimate of drug-likeness (QED) is 0.843. The molecule has 0 radical (unpaired) electrons. The summed E-state index contributed by atoms with van der Waals surface area (Å²) in [7, 11) is 0. The first-order valence-electron chi connectivity index (χ1n) is 6.78. The maximum absolute atomic E-state index is 12.1. The van der Waals surface area contributed by atoms with E-state index in [9.17, 15) is 9.59 Å². The Kier molecular flexibility index (Phi) is 4.32. The molecule has 0 atom stereocenters. The molecule has 0 saturated carbocycles. The van der Waals surface area contributed by atoms with Gasteiger partial charge in [-0.1, -0.05) is 32.0 Å². The van der Waals surface area contributed by atoms with Crippen LogP contribution >= 0.6 is 0 Å². The lowest BCUT2D eigenvalue weighted by atomic mass is 9.96. The van der Waals surface area contributed by atoms with Crippen LogP contribution < -0.4 is 10.2 Å². The van der Waals surface area contributed by atoms with Gasteiger partial charge < -0.3 is 5.32 Å². The summed E-state index contributed by atoms with van der Waals surface area (Å²) in [6, 6.07) is 7.59. The van der Waals surface area contributed by atoms with Crippen LogP contribution in [0, 0.1) is 5.92 Å². The van der Waals surface area contributed by atoms with Gasteiger partial charge in [0.15, 0.2) is 0 Å². The summed E-state index contributed by atoms with van der Waals surface area (Å²) >= 11 is 0. The molecule has 1 aromatic carbocycles. The van der Waals surface area contributed by atoms with Crippen LogP contribution in [-0.2, 0) is 16.1 Å². The second-order valence-corrected chi connectivity index (χ2v) is 5.05. The fourth-order valence-electron chi connectivity index (χ4n) is 2.40. The Morgan fingerprint density at radius 1 is 1.21 bits per heavy atom. The number of hydrogen-bond acceptors (Lipinski definition) is 3. The lowest BCUT2D eigenvalue weighted by Gasteiger charge is -2.29. The van der Waals surface area contributed by atoms with E-state index in [1.165, 1.54) is 4.90 Å². The van der Waals surface area contributed by atoms with Crippen molar-refractivity contribution in [2.24, 2.45) is 5.92 Å². The van der Waals surface area contributed by atoms with Crippen molar-refractivity contribution in [2.45, 2.75) is 33.2 Å². The highest BCUT2D eigenvalue weighted by Gasteiger charge is 2.32. The summed E-state index contributed by atoms with van der Waals surface area (Å²) in [6.07, 6.45) is 0.891. The van der Waals surface area contributed by atoms with E-state index in [-0.39, 0.29) is 17.7 Å². The number of rotatable bonds is 4. The maximum atomic E-state index is 12.1. The summed E-state index contributed by atoms with van der Waals surface area (Å²) < 4.78 is 0. The molecular weight excluding hydrogens is 240 g/mol. The molecule has 1 aliphatic heterocycles. The van der Waals surface area contributed by atoms with Crippen molar-refractivity contribution in [3.05, 3.63) is 29.8 Å². The van der Waals surface area contributed by atoms with Crippen LogP contribution in [0.15, 0.2) is 24.3 Å². The van der Waals surface area contributed by atoms with Crippen LogP contribution in [0.5, 0.6) is 0 Å². The van der Waals surface area contributed by atoms with E-state index in [0.29, 0.717) is 19.4 Å². The van der Waals surface area contributed by atoms with E-state index in [1.807, 2.05) is 38.1 Å². The molecule has 1 aromatic rings. The van der Waals surface area contributed by atoms with Crippen LogP contribution in [-0.4, -0.2) is 18.4 Å². The van der Waals surface area contributed by atoms with Crippen LogP contribution in [0.4, 0.5) is 5.69 Å². The van der Waals surface area contributed by atoms with Crippen molar-refractivity contribution in [1.82, 2.24) is 5.32 Å². The minimum Gasteiger partial charge on any atom is -0.313 e. The van der Waals surface area contributed by atoms with Gasteiger partial charge in [0.2, 0.25) is 11.8 Å². The molecular formula is C15H20N2O2. The number of imide groups is 1. The Morgan fingerprint density at radius 2 is 1.84 bits per heavy atom. The number of piperidine rings is 1. The number of para-hydroxylation sites is 1. The van der Waals surface area contributed by atoms with Gasteiger partial charge in [-0.25, -0.2) is 0 Å². The zero-order valence-electron chi connectivity index (χ0n) is 11.5. The van der Waals surface area contributed by atoms with Gasteiger partial charge in [-0.15, -0.1) is 0 Å². The van der Waals surface area contributed by atoms with E-state index in [1.54, 1.807) is 0 Å². The maximum Gasteiger partial charge on any atom is 0.234 e. The number of carbonyl (C=O) groups is 2. The zero-order valence-corrected chi connectivity index (χ0v) is 11.5. The number of benzene rings is 1. The third kappa shape index (κ3) is 3.01. The first-order chi connectivity index (χ1) is 9.13. The van der Waals surface area contributed by atoms with Gasteiger partial charge in [0.1, 0.15) is 0 Å². The average molecular weight is 260 g/mol. The SMILES string of the molecule is CCNCc1ccccc1N1C(=O)CC(C)CC1=O. The number of nitrogens with one attached hydrogen (secondary N) is 1. The Balaban J connectivity index is 2.30. The number of anilines is 1. The third-order valence-corrected chi connectivity index (χ3v) is 3.34. The molecule has 0 aliphatic carbocycles. The Bertz CT molecular complexity index is 467. The number of hydrogen-bond donors (Lipinski definition) is 1. The fraction of sp³-hybridized carbons (Fsp3) is 0.467. The normalized spacial score (nSPS) is 17.1. The van der Waals surface area contributed by atoms with Gasteiger partial charge in [-0.3, -0.25) is 14.5 Å². The van der Waals surface area contributed by atoms with Gasteiger partial charge in [0.25, 0.3) is 0 Å². The van der Waals surface area contributed by atoms with Crippen molar-refractivity contribution in [3.63, 3.8) is 0 Å². The van der Waals surface area contributed by atoms with Crippen LogP contribution in [0.1, 0.15) is 32.3 Å². The minimum atomic E-state index is -0.0901. The van der Waals surface area contributed by atoms with Crippen molar-refractivity contribution in [1.29, 1.82) is 0 Å². The molecule has 1 fully saturated rings. The van der Waals surface area contributed by atoms with E-state index in [2.05, 4.69) is 5.32 Å². The highest BCUT2D eigenvalue weighted by Crippen LogP contribution is 2.27. The molecule has 0 bridgehead atoms. The predicted octanol–water partition coefficient (Wildman–Crippen LogP) is 2.09. The summed E-state index contributed by atoms with van der Waals surface area (Å²) in [5.74, 6) is -0.0300. The second kappa shape index (κ2) is 5.97. The van der Waals surface area contributed by atoms with Gasteiger partial charge in [0, 0.05) is 19.4 Å². The first kappa shape index (κ1) is 13.7. The van der Waals surface area contributed by atoms with Gasteiger partial charge in [0.05, 0.1) is 5.69 Å². The van der Waals surface area contributed by atoms with Crippen LogP contribution in [0.2, 0.25) is 0 Å². The molecule has 19 heavy (non-hydrogen) atoms. The van der Waals surface area contributed by atoms with Gasteiger partial charge in [-0.2, -0.15) is 0 Å². The molecule has 102 valence electrons. The Labute approximate surface area is 113 Å². The molecule has 1 aliphatic rings. The summed E-state index contributed by atoms with van der Waals surface area (Å²) in [5.41, 5.74) is 1.71. The molecule has 4 heteroatoms. The van der Waals surface area contributed by atoms with E-state index >= 15 is 0 Å². The smallest absolute Gasteiger partial charge is 0.234 e. The summed E-state index contributed by atoms with van der Waals surface area (Å²) in [4.78, 5) is 25.6. The molecule has 1 heterocycles. The topological polar surface area (TPSA) is 49.4 Å². The number of amides is 2. The molecule has 0 aromatic heterocycles. The molecule has 4 nitrogen and oxygen atoms in total. The molecule has 1 saturated heterocycles. The Hall–Kier alpha value is -1.68. The monoisotopic (exact) mass is 260 g/mol. The predicted molar refractivity (Wildman–Crippen MR) is 74.7 cm³/mol. The second-order valence-electron chi connectivity index (χ2n) is 5.05. The van der Waals surface area contributed by atoms with Crippen LogP contribution in [0.25, 0.3) is 0 Å². The molecule has 2 rings (SSSR count). The van der Waals surface area contributed by atoms with Gasteiger partial charge in [-0.05, 0) is 24.1 Å². The highest BCUT2D eigenvalue weighted by atomic mass is 16.2. The molecule has 0 spiro atoms. The lowest BCUT2D eigenvalue weighted by Crippen LogP contribution is -2.43. The lowest BCUT2D eigenvalue weighted by molar-refractivity contribution is -0.130. The van der Waals surface area contributed by atoms with E-state index in [4.69, 9.17) is 0 Å². The molecule has 2 amide bonds. The van der Waals surface area contributed by atoms with E-state index in [0.717, 1.165) is 17.8 Å². The fourth-order valence-corrected chi connectivity index (χ4v) is 2.40. The largest absolute Gasteiger partial charge is 0.313 e. The van der Waals surface area contributed by atoms with Crippen molar-refractivity contribution in [3.8, 4) is 0 Å². The summed E-state index contributed by atoms with van der Waals surface area (Å²) in [6.45, 7) is 5.49. The number of nitrogens with zero attached hydrogens (tertiary/aromatic N) is 1. The minimum absolute atomic E-state index is 0.0901. The third-order valence-electron chi connectivity index (χ3n) is 3.34. The van der Waals surface area contributed by atoms with Crippen molar-refractivity contribution in [2.75, 3.05) is 11.4 Å². The van der Waals surface area contributed by atoms with Crippen LogP contribution in [0.3, 0.4) is 0 Å². The first-order valence-corrected chi connectivity index (χ1v) is 6.78. The molecule has 1 N–H and O–H groups in total. The van der Waals surface area contributed by atoms with Crippen molar-refractivity contribution < 1.29 is 9.59 Å². The molecule has 0 unspecified atom stereocenters. The summed E-state index contributed by atoms with van der Waals surface area (Å²) in [5, 5.41) is 3.23. The van der Waals surface area contributed by atoms with Gasteiger partial charge >= 0.3 is 0 Å². The standard InChI is InChI=1S/C15H20N2O2/c1-3-16-10-12-6-4-5-7-13(12)17-14(18)8-11(2)9-15(17)19/h4-7,11,16H,3,8-10H2,1-2H3. The zero-order chi connectivity index (χ0) is 13.8. The van der Waals surface area contributed by atoms with E-state index < -0.39 is 0 Å². The number of carbonyl (C=O) groups excluding carboxylic acids is 2.